The maximum Gasteiger partial charge on any atom is 0.258 e. The van der Waals surface area contributed by atoms with Crippen LogP contribution in [-0.4, -0.2) is 21.8 Å². The molecule has 2 aromatic rings. The maximum absolute atomic E-state index is 11.9. The summed E-state index contributed by atoms with van der Waals surface area (Å²) in [5, 5.41) is 5.61. The third kappa shape index (κ3) is 4.19. The Labute approximate surface area is 127 Å². The van der Waals surface area contributed by atoms with Gasteiger partial charge < -0.3 is 5.32 Å². The van der Waals surface area contributed by atoms with E-state index in [-0.39, 0.29) is 16.8 Å². The summed E-state index contributed by atoms with van der Waals surface area (Å²) in [7, 11) is 0. The molecule has 1 aromatic heterocycles. The zero-order valence-corrected chi connectivity index (χ0v) is 12.1. The first-order chi connectivity index (χ1) is 10.1. The van der Waals surface area contributed by atoms with Crippen LogP contribution in [-0.2, 0) is 0 Å². The number of thiocarbonyl (C=S) groups is 1. The highest BCUT2D eigenvalue weighted by Gasteiger charge is 2.07. The Hall–Kier alpha value is -2.60. The molecule has 0 atom stereocenters. The first kappa shape index (κ1) is 14.8. The summed E-state index contributed by atoms with van der Waals surface area (Å²) < 4.78 is 0. The zero-order chi connectivity index (χ0) is 15.2. The van der Waals surface area contributed by atoms with Gasteiger partial charge >= 0.3 is 0 Å². The SMILES string of the molecule is CC(=O)c1ccc(NC(=S)NC(=O)c2cccnc2)cc1. The van der Waals surface area contributed by atoms with Crippen LogP contribution in [0, 0.1) is 0 Å². The quantitative estimate of drug-likeness (QED) is 0.673. The molecule has 106 valence electrons. The highest BCUT2D eigenvalue weighted by molar-refractivity contribution is 7.80. The van der Waals surface area contributed by atoms with Crippen LogP contribution in [0.15, 0.2) is 48.8 Å². The number of benzene rings is 1. The van der Waals surface area contributed by atoms with Crippen molar-refractivity contribution in [2.75, 3.05) is 5.32 Å². The number of nitrogens with zero attached hydrogens (tertiary/aromatic N) is 1. The van der Waals surface area contributed by atoms with Crippen LogP contribution in [0.4, 0.5) is 5.69 Å². The van der Waals surface area contributed by atoms with Crippen molar-refractivity contribution >= 4 is 34.7 Å². The topological polar surface area (TPSA) is 71.1 Å². The molecule has 0 aliphatic heterocycles. The Bertz CT molecular complexity index is 669. The fraction of sp³-hybridized carbons (Fsp3) is 0.0667. The van der Waals surface area contributed by atoms with Gasteiger partial charge in [-0.25, -0.2) is 0 Å². The minimum absolute atomic E-state index is 0.00555. The second kappa shape index (κ2) is 6.71. The van der Waals surface area contributed by atoms with Crippen LogP contribution in [0.1, 0.15) is 27.6 Å². The van der Waals surface area contributed by atoms with Crippen molar-refractivity contribution in [1.29, 1.82) is 0 Å². The van der Waals surface area contributed by atoms with Gasteiger partial charge in [-0.15, -0.1) is 0 Å². The predicted octanol–water partition coefficient (Wildman–Crippen LogP) is 2.41. The van der Waals surface area contributed by atoms with Gasteiger partial charge in [0.1, 0.15) is 0 Å². The first-order valence-electron chi connectivity index (χ1n) is 6.19. The maximum atomic E-state index is 11.9. The van der Waals surface area contributed by atoms with Crippen LogP contribution < -0.4 is 10.6 Å². The molecule has 0 fully saturated rings. The van der Waals surface area contributed by atoms with Gasteiger partial charge in [0.25, 0.3) is 5.91 Å². The lowest BCUT2D eigenvalue weighted by Crippen LogP contribution is -2.34. The summed E-state index contributed by atoms with van der Waals surface area (Å²) in [5.41, 5.74) is 1.73. The molecule has 2 N–H and O–H groups in total. The summed E-state index contributed by atoms with van der Waals surface area (Å²) in [6.07, 6.45) is 3.05. The van der Waals surface area contributed by atoms with Crippen molar-refractivity contribution in [2.45, 2.75) is 6.92 Å². The molecule has 0 spiro atoms. The minimum atomic E-state index is -0.332. The van der Waals surface area contributed by atoms with E-state index in [1.807, 2.05) is 0 Å². The van der Waals surface area contributed by atoms with Crippen molar-refractivity contribution in [1.82, 2.24) is 10.3 Å². The van der Waals surface area contributed by atoms with Crippen LogP contribution >= 0.6 is 12.2 Å². The highest BCUT2D eigenvalue weighted by Crippen LogP contribution is 2.10. The zero-order valence-electron chi connectivity index (χ0n) is 11.3. The number of Topliss-reactive ketones (excluding diaryl/α,β-unsaturated/α-hetero) is 1. The van der Waals surface area contributed by atoms with Gasteiger partial charge in [-0.05, 0) is 55.5 Å². The Balaban J connectivity index is 1.95. The number of amides is 1. The molecule has 2 rings (SSSR count). The molecule has 0 saturated heterocycles. The van der Waals surface area contributed by atoms with Crippen LogP contribution in [0.25, 0.3) is 0 Å². The number of pyridine rings is 1. The van der Waals surface area contributed by atoms with Crippen molar-refractivity contribution in [2.24, 2.45) is 0 Å². The molecular formula is C15H13N3O2S. The molecule has 0 saturated carbocycles. The third-order valence-corrected chi connectivity index (χ3v) is 2.90. The molecule has 1 amide bonds. The molecule has 0 unspecified atom stereocenters. The van der Waals surface area contributed by atoms with Crippen molar-refractivity contribution in [3.05, 3.63) is 59.9 Å². The van der Waals surface area contributed by atoms with Crippen molar-refractivity contribution < 1.29 is 9.59 Å². The number of rotatable bonds is 3. The minimum Gasteiger partial charge on any atom is -0.332 e. The van der Waals surface area contributed by atoms with Crippen molar-refractivity contribution in [3.8, 4) is 0 Å². The largest absolute Gasteiger partial charge is 0.332 e. The number of carbonyl (C=O) groups excluding carboxylic acids is 2. The Morgan fingerprint density at radius 2 is 1.81 bits per heavy atom. The Morgan fingerprint density at radius 3 is 2.38 bits per heavy atom. The van der Waals surface area contributed by atoms with E-state index in [4.69, 9.17) is 12.2 Å². The molecule has 0 aliphatic rings. The molecule has 0 radical (unpaired) electrons. The molecule has 6 heteroatoms. The second-order valence-corrected chi connectivity index (χ2v) is 4.69. The van der Waals surface area contributed by atoms with Gasteiger partial charge in [0, 0.05) is 23.6 Å². The van der Waals surface area contributed by atoms with Gasteiger partial charge in [-0.3, -0.25) is 19.9 Å². The van der Waals surface area contributed by atoms with Gasteiger partial charge in [-0.2, -0.15) is 0 Å². The van der Waals surface area contributed by atoms with E-state index in [0.29, 0.717) is 16.8 Å². The fourth-order valence-electron chi connectivity index (χ4n) is 1.62. The van der Waals surface area contributed by atoms with E-state index in [1.165, 1.54) is 13.1 Å². The predicted molar refractivity (Wildman–Crippen MR) is 84.4 cm³/mol. The summed E-state index contributed by atoms with van der Waals surface area (Å²) in [5.74, 6) is -0.338. The lowest BCUT2D eigenvalue weighted by Gasteiger charge is -2.09. The molecule has 5 nitrogen and oxygen atoms in total. The molecule has 21 heavy (non-hydrogen) atoms. The van der Waals surface area contributed by atoms with Gasteiger partial charge in [0.05, 0.1) is 5.56 Å². The monoisotopic (exact) mass is 299 g/mol. The normalized spacial score (nSPS) is 9.76. The van der Waals surface area contributed by atoms with E-state index in [9.17, 15) is 9.59 Å². The van der Waals surface area contributed by atoms with E-state index in [2.05, 4.69) is 15.6 Å². The fourth-order valence-corrected chi connectivity index (χ4v) is 1.83. The molecule has 1 heterocycles. The lowest BCUT2D eigenvalue weighted by molar-refractivity contribution is 0.0975. The van der Waals surface area contributed by atoms with Gasteiger partial charge in [0.15, 0.2) is 10.9 Å². The average Bonchev–Trinajstić information content (AvgIpc) is 2.48. The summed E-state index contributed by atoms with van der Waals surface area (Å²) in [6.45, 7) is 1.50. The molecule has 0 bridgehead atoms. The highest BCUT2D eigenvalue weighted by atomic mass is 32.1. The number of anilines is 1. The Morgan fingerprint density at radius 1 is 1.10 bits per heavy atom. The molecule has 1 aromatic carbocycles. The standard InChI is InChI=1S/C15H13N3O2S/c1-10(19)11-4-6-13(7-5-11)17-15(21)18-14(20)12-3-2-8-16-9-12/h2-9H,1H3,(H2,17,18,20,21). The average molecular weight is 299 g/mol. The molecular weight excluding hydrogens is 286 g/mol. The van der Waals surface area contributed by atoms with Gasteiger partial charge in [0.2, 0.25) is 0 Å². The van der Waals surface area contributed by atoms with Crippen LogP contribution in [0.3, 0.4) is 0 Å². The number of hydrogen-bond donors (Lipinski definition) is 2. The van der Waals surface area contributed by atoms with E-state index < -0.39 is 0 Å². The number of aromatic nitrogens is 1. The van der Waals surface area contributed by atoms with E-state index in [0.717, 1.165) is 0 Å². The number of nitrogens with one attached hydrogen (secondary N) is 2. The Kier molecular flexibility index (Phi) is 4.73. The summed E-state index contributed by atoms with van der Waals surface area (Å²) in [6, 6.07) is 10.1. The van der Waals surface area contributed by atoms with Crippen molar-refractivity contribution in [3.63, 3.8) is 0 Å². The van der Waals surface area contributed by atoms with Crippen LogP contribution in [0.2, 0.25) is 0 Å². The third-order valence-electron chi connectivity index (χ3n) is 2.70. The van der Waals surface area contributed by atoms with E-state index in [1.54, 1.807) is 42.6 Å². The number of carbonyl (C=O) groups is 2. The van der Waals surface area contributed by atoms with Gasteiger partial charge in [-0.1, -0.05) is 0 Å². The van der Waals surface area contributed by atoms with Crippen LogP contribution in [0.5, 0.6) is 0 Å². The molecule has 0 aliphatic carbocycles. The second-order valence-electron chi connectivity index (χ2n) is 4.28. The summed E-state index contributed by atoms with van der Waals surface area (Å²) >= 11 is 5.07. The number of ketones is 1. The number of hydrogen-bond acceptors (Lipinski definition) is 4. The first-order valence-corrected chi connectivity index (χ1v) is 6.60. The van der Waals surface area contributed by atoms with E-state index >= 15 is 0 Å². The lowest BCUT2D eigenvalue weighted by atomic mass is 10.1. The summed E-state index contributed by atoms with van der Waals surface area (Å²) in [4.78, 5) is 26.9. The smallest absolute Gasteiger partial charge is 0.258 e.